The lowest BCUT2D eigenvalue weighted by atomic mass is 10.0. The number of amides is 1. The lowest BCUT2D eigenvalue weighted by Crippen LogP contribution is -2.45. The predicted octanol–water partition coefficient (Wildman–Crippen LogP) is 19.5. The van der Waals surface area contributed by atoms with E-state index in [1.807, 2.05) is 27.2 Å². The molecule has 0 bridgehead atoms. The maximum absolute atomic E-state index is 13.0. The molecule has 0 spiro atoms. The minimum atomic E-state index is -4.35. The number of phosphoric acid groups is 1. The second-order valence-electron chi connectivity index (χ2n) is 22.8. The van der Waals surface area contributed by atoms with Crippen molar-refractivity contribution in [3.05, 3.63) is 48.6 Å². The van der Waals surface area contributed by atoms with Crippen molar-refractivity contribution in [1.29, 1.82) is 0 Å². The maximum atomic E-state index is 13.0. The topological polar surface area (TPSA) is 105 Å². The van der Waals surface area contributed by atoms with Gasteiger partial charge in [-0.05, 0) is 57.8 Å². The molecule has 0 fully saturated rings. The summed E-state index contributed by atoms with van der Waals surface area (Å²) in [6, 6.07) is -0.846. The lowest BCUT2D eigenvalue weighted by Gasteiger charge is -2.25. The Hall–Kier alpha value is -1.54. The summed E-state index contributed by atoms with van der Waals surface area (Å²) >= 11 is 0. The summed E-state index contributed by atoms with van der Waals surface area (Å²) < 4.78 is 23.7. The number of hydrogen-bond donors (Lipinski definition) is 3. The van der Waals surface area contributed by atoms with Crippen LogP contribution >= 0.6 is 7.82 Å². The number of carbonyl (C=O) groups excluding carboxylic acids is 1. The number of phosphoric ester groups is 1. The van der Waals surface area contributed by atoms with Crippen LogP contribution in [0.4, 0.5) is 0 Å². The molecule has 0 saturated heterocycles. The molecule has 3 atom stereocenters. The zero-order chi connectivity index (χ0) is 53.5. The van der Waals surface area contributed by atoms with Crippen molar-refractivity contribution in [1.82, 2.24) is 5.32 Å². The molecule has 0 heterocycles. The van der Waals surface area contributed by atoms with E-state index in [4.69, 9.17) is 9.05 Å². The third-order valence-corrected chi connectivity index (χ3v) is 15.3. The van der Waals surface area contributed by atoms with Crippen molar-refractivity contribution >= 4 is 13.7 Å². The fourth-order valence-corrected chi connectivity index (χ4v) is 10.1. The quantitative estimate of drug-likeness (QED) is 0.0243. The summed E-state index contributed by atoms with van der Waals surface area (Å²) in [5.74, 6) is -0.173. The average molecular weight is 1050 g/mol. The van der Waals surface area contributed by atoms with Gasteiger partial charge in [0.05, 0.1) is 39.9 Å². The summed E-state index contributed by atoms with van der Waals surface area (Å²) in [6.45, 7) is 4.84. The van der Waals surface area contributed by atoms with Gasteiger partial charge < -0.3 is 19.8 Å². The van der Waals surface area contributed by atoms with E-state index < -0.39 is 20.0 Å². The van der Waals surface area contributed by atoms with Crippen molar-refractivity contribution in [2.45, 2.75) is 315 Å². The summed E-state index contributed by atoms with van der Waals surface area (Å²) in [6.07, 6.45) is 73.7. The zero-order valence-electron chi connectivity index (χ0n) is 49.1. The first kappa shape index (κ1) is 71.5. The number of aliphatic hydroxyl groups is 1. The highest BCUT2D eigenvalue weighted by Gasteiger charge is 2.27. The number of nitrogens with zero attached hydrogens (tertiary/aromatic N) is 1. The summed E-state index contributed by atoms with van der Waals surface area (Å²) in [7, 11) is 1.58. The molecule has 430 valence electrons. The first-order chi connectivity index (χ1) is 35.5. The number of unbranched alkanes of at least 4 members (excludes halogenated alkanes) is 39. The Labute approximate surface area is 454 Å². The fraction of sp³-hybridized carbons (Fsp3) is 0.859. The number of aliphatic hydroxyl groups excluding tert-OH is 1. The molecule has 0 aromatic rings. The molecule has 73 heavy (non-hydrogen) atoms. The Bertz CT molecular complexity index is 1330. The highest BCUT2D eigenvalue weighted by atomic mass is 31.2. The largest absolute Gasteiger partial charge is 0.472 e. The standard InChI is InChI=1S/C64H123N2O6P/c1-6-8-10-12-14-16-18-20-22-24-26-27-28-29-30-31-32-33-34-35-36-37-38-39-40-42-44-46-48-50-52-54-56-58-64(68)65-62(61-72-73(69,70)71-60-59-66(3,4)5)63(67)57-55-53-51-49-47-45-43-41-25-23-21-19-17-15-13-11-9-7-2/h18,20,24,26,28-29,55,57,62-63,67H,6-17,19,21-23,25,27,30-54,56,58-61H2,1-5H3,(H-,65,68,69,70)/p+1/b20-18-,26-24-,29-28-,57-55+. The van der Waals surface area contributed by atoms with E-state index in [0.717, 1.165) is 51.4 Å². The van der Waals surface area contributed by atoms with Gasteiger partial charge in [-0.2, -0.15) is 0 Å². The average Bonchev–Trinajstić information content (AvgIpc) is 3.35. The second-order valence-corrected chi connectivity index (χ2v) is 24.2. The highest BCUT2D eigenvalue weighted by Crippen LogP contribution is 2.43. The van der Waals surface area contributed by atoms with Crippen molar-refractivity contribution in [3.63, 3.8) is 0 Å². The lowest BCUT2D eigenvalue weighted by molar-refractivity contribution is -0.870. The van der Waals surface area contributed by atoms with Crippen LogP contribution in [0.5, 0.6) is 0 Å². The molecule has 9 heteroatoms. The molecular weight excluding hydrogens is 924 g/mol. The van der Waals surface area contributed by atoms with Crippen LogP contribution in [0.2, 0.25) is 0 Å². The van der Waals surface area contributed by atoms with Gasteiger partial charge in [-0.1, -0.05) is 287 Å². The molecule has 8 nitrogen and oxygen atoms in total. The Kier molecular flexibility index (Phi) is 54.1. The van der Waals surface area contributed by atoms with E-state index in [0.29, 0.717) is 17.4 Å². The van der Waals surface area contributed by atoms with Crippen LogP contribution in [0.25, 0.3) is 0 Å². The van der Waals surface area contributed by atoms with Gasteiger partial charge in [0.25, 0.3) is 0 Å². The van der Waals surface area contributed by atoms with Crippen LogP contribution in [0.15, 0.2) is 48.6 Å². The van der Waals surface area contributed by atoms with E-state index in [1.54, 1.807) is 6.08 Å². The van der Waals surface area contributed by atoms with Crippen LogP contribution in [0.1, 0.15) is 303 Å². The van der Waals surface area contributed by atoms with Gasteiger partial charge in [0.1, 0.15) is 13.2 Å². The van der Waals surface area contributed by atoms with Gasteiger partial charge in [0, 0.05) is 6.42 Å². The minimum Gasteiger partial charge on any atom is -0.387 e. The third-order valence-electron chi connectivity index (χ3n) is 14.3. The van der Waals surface area contributed by atoms with Crippen molar-refractivity contribution in [3.8, 4) is 0 Å². The molecule has 3 unspecified atom stereocenters. The Balaban J connectivity index is 4.06. The SMILES string of the molecule is CCCCCCC/C=C\C/C=C\C/C=C\CCCCCCCCCCCCCCCCCCCCC(=O)NC(COP(=O)(O)OCC[N+](C)(C)C)C(O)/C=C/CCCCCCCCCCCCCCCCCC. The molecule has 0 aliphatic rings. The van der Waals surface area contributed by atoms with E-state index >= 15 is 0 Å². The van der Waals surface area contributed by atoms with Gasteiger partial charge in [0.2, 0.25) is 5.91 Å². The van der Waals surface area contributed by atoms with Crippen LogP contribution < -0.4 is 5.32 Å². The van der Waals surface area contributed by atoms with Crippen LogP contribution in [0.3, 0.4) is 0 Å². The molecule has 0 aliphatic carbocycles. The molecular formula is C64H124N2O6P+. The van der Waals surface area contributed by atoms with Crippen molar-refractivity contribution in [2.24, 2.45) is 0 Å². The Morgan fingerprint density at radius 2 is 0.781 bits per heavy atom. The summed E-state index contributed by atoms with van der Waals surface area (Å²) in [5, 5.41) is 14.0. The van der Waals surface area contributed by atoms with Crippen LogP contribution in [0, 0.1) is 0 Å². The van der Waals surface area contributed by atoms with E-state index in [1.165, 1.54) is 231 Å². The summed E-state index contributed by atoms with van der Waals surface area (Å²) in [5.41, 5.74) is 0. The number of rotatable bonds is 58. The number of quaternary nitrogens is 1. The molecule has 0 rings (SSSR count). The Morgan fingerprint density at radius 3 is 1.14 bits per heavy atom. The molecule has 1 amide bonds. The predicted molar refractivity (Wildman–Crippen MR) is 318 cm³/mol. The highest BCUT2D eigenvalue weighted by molar-refractivity contribution is 7.47. The minimum absolute atomic E-state index is 0.0624. The Morgan fingerprint density at radius 1 is 0.466 bits per heavy atom. The van der Waals surface area contributed by atoms with Gasteiger partial charge in [-0.25, -0.2) is 4.57 Å². The number of likely N-dealkylation sites (N-methyl/N-ethyl adjacent to an activating group) is 1. The maximum Gasteiger partial charge on any atom is 0.472 e. The van der Waals surface area contributed by atoms with Gasteiger partial charge >= 0.3 is 7.82 Å². The third kappa shape index (κ3) is 58.0. The van der Waals surface area contributed by atoms with Crippen molar-refractivity contribution in [2.75, 3.05) is 40.9 Å². The number of carbonyl (C=O) groups is 1. The van der Waals surface area contributed by atoms with Gasteiger partial charge in [0.15, 0.2) is 0 Å². The molecule has 0 aromatic heterocycles. The molecule has 0 saturated carbocycles. The normalized spacial score (nSPS) is 14.1. The van der Waals surface area contributed by atoms with Crippen LogP contribution in [-0.4, -0.2) is 73.4 Å². The number of hydrogen-bond acceptors (Lipinski definition) is 5. The number of allylic oxidation sites excluding steroid dienone is 7. The number of nitrogens with one attached hydrogen (secondary N) is 1. The summed E-state index contributed by atoms with van der Waals surface area (Å²) in [4.78, 5) is 23.3. The first-order valence-corrected chi connectivity index (χ1v) is 33.0. The van der Waals surface area contributed by atoms with E-state index in [2.05, 4.69) is 55.6 Å². The molecule has 0 radical (unpaired) electrons. The van der Waals surface area contributed by atoms with Gasteiger partial charge in [-0.15, -0.1) is 0 Å². The molecule has 3 N–H and O–H groups in total. The molecule has 0 aliphatic heterocycles. The van der Waals surface area contributed by atoms with Crippen molar-refractivity contribution < 1.29 is 32.9 Å². The van der Waals surface area contributed by atoms with E-state index in [-0.39, 0.29) is 19.1 Å². The second kappa shape index (κ2) is 55.2. The van der Waals surface area contributed by atoms with Gasteiger partial charge in [-0.3, -0.25) is 13.8 Å². The smallest absolute Gasteiger partial charge is 0.387 e. The fourth-order valence-electron chi connectivity index (χ4n) is 9.35. The van der Waals surface area contributed by atoms with Crippen LogP contribution in [-0.2, 0) is 18.4 Å². The van der Waals surface area contributed by atoms with E-state index in [9.17, 15) is 19.4 Å². The first-order valence-electron chi connectivity index (χ1n) is 31.5. The monoisotopic (exact) mass is 1050 g/mol. The zero-order valence-corrected chi connectivity index (χ0v) is 50.0. The molecule has 0 aromatic carbocycles.